The Kier molecular flexibility index (Phi) is 3.88. The van der Waals surface area contributed by atoms with E-state index in [1.807, 2.05) is 30.3 Å². The molecule has 0 aliphatic rings. The Morgan fingerprint density at radius 2 is 2.18 bits per heavy atom. The van der Waals surface area contributed by atoms with Gasteiger partial charge in [-0.15, -0.1) is 5.10 Å². The maximum Gasteiger partial charge on any atom is 0.234 e. The number of hydrogen-bond donors (Lipinski definition) is 0. The van der Waals surface area contributed by atoms with Gasteiger partial charge < -0.3 is 4.74 Å². The van der Waals surface area contributed by atoms with Gasteiger partial charge >= 0.3 is 0 Å². The fraction of sp³-hybridized carbons (Fsp3) is 0.0769. The predicted molar refractivity (Wildman–Crippen MR) is 70.9 cm³/mol. The van der Waals surface area contributed by atoms with Crippen molar-refractivity contribution >= 4 is 15.9 Å². The lowest BCUT2D eigenvalue weighted by atomic mass is 10.1. The molecule has 0 saturated heterocycles. The van der Waals surface area contributed by atoms with Gasteiger partial charge in [-0.3, -0.25) is 0 Å². The number of nitrogens with zero attached hydrogens (tertiary/aromatic N) is 2. The van der Waals surface area contributed by atoms with E-state index in [2.05, 4.69) is 32.7 Å². The molecule has 0 radical (unpaired) electrons. The van der Waals surface area contributed by atoms with Crippen LogP contribution in [-0.2, 0) is 0 Å². The Morgan fingerprint density at radius 1 is 1.29 bits per heavy atom. The van der Waals surface area contributed by atoms with E-state index in [9.17, 15) is 0 Å². The van der Waals surface area contributed by atoms with Crippen LogP contribution in [0.4, 0.5) is 0 Å². The van der Waals surface area contributed by atoms with Crippen molar-refractivity contribution in [2.45, 2.75) is 0 Å². The van der Waals surface area contributed by atoms with Crippen molar-refractivity contribution in [1.29, 1.82) is 0 Å². The van der Waals surface area contributed by atoms with Gasteiger partial charge in [0.1, 0.15) is 6.61 Å². The molecule has 3 nitrogen and oxygen atoms in total. The van der Waals surface area contributed by atoms with Crippen molar-refractivity contribution in [1.82, 2.24) is 10.2 Å². The van der Waals surface area contributed by atoms with Crippen LogP contribution in [0.15, 0.2) is 53.7 Å². The average Bonchev–Trinajstić information content (AvgIpc) is 2.37. The Balaban J connectivity index is 2.29. The molecular formula is C13H11BrN2O. The third-order valence-electron chi connectivity index (χ3n) is 2.14. The van der Waals surface area contributed by atoms with Crippen molar-refractivity contribution in [2.24, 2.45) is 0 Å². The highest BCUT2D eigenvalue weighted by Crippen LogP contribution is 2.24. The lowest BCUT2D eigenvalue weighted by molar-refractivity contribution is 0.344. The molecule has 0 fully saturated rings. The first-order chi connectivity index (χ1) is 8.29. The van der Waals surface area contributed by atoms with Gasteiger partial charge in [0.15, 0.2) is 0 Å². The molecular weight excluding hydrogens is 280 g/mol. The topological polar surface area (TPSA) is 35.0 Å². The minimum Gasteiger partial charge on any atom is -0.472 e. The van der Waals surface area contributed by atoms with Crippen LogP contribution in [-0.4, -0.2) is 16.8 Å². The van der Waals surface area contributed by atoms with Gasteiger partial charge in [0.05, 0.1) is 6.20 Å². The summed E-state index contributed by atoms with van der Waals surface area (Å²) >= 11 is 3.44. The Bertz CT molecular complexity index is 528. The van der Waals surface area contributed by atoms with Crippen LogP contribution in [0.5, 0.6) is 5.88 Å². The minimum atomic E-state index is 0.427. The van der Waals surface area contributed by atoms with Crippen LogP contribution >= 0.6 is 15.9 Å². The second-order valence-corrected chi connectivity index (χ2v) is 4.31. The number of halogens is 1. The predicted octanol–water partition coefficient (Wildman–Crippen LogP) is 3.47. The van der Waals surface area contributed by atoms with Crippen LogP contribution < -0.4 is 4.74 Å². The van der Waals surface area contributed by atoms with E-state index >= 15 is 0 Å². The van der Waals surface area contributed by atoms with Crippen LogP contribution in [0.25, 0.3) is 11.1 Å². The smallest absolute Gasteiger partial charge is 0.234 e. The summed E-state index contributed by atoms with van der Waals surface area (Å²) in [7, 11) is 0. The number of benzene rings is 1. The van der Waals surface area contributed by atoms with Crippen LogP contribution in [0, 0.1) is 0 Å². The molecule has 0 unspecified atom stereocenters. The SMILES string of the molecule is C=CCOc1cc(-c2cccc(Br)c2)cnn1. The van der Waals surface area contributed by atoms with Gasteiger partial charge in [-0.2, -0.15) is 5.10 Å². The van der Waals surface area contributed by atoms with Gasteiger partial charge in [-0.05, 0) is 17.7 Å². The molecule has 0 N–H and O–H groups in total. The molecule has 0 spiro atoms. The molecule has 4 heteroatoms. The zero-order chi connectivity index (χ0) is 12.1. The van der Waals surface area contributed by atoms with Crippen LogP contribution in [0.3, 0.4) is 0 Å². The van der Waals surface area contributed by atoms with Crippen molar-refractivity contribution in [3.8, 4) is 17.0 Å². The van der Waals surface area contributed by atoms with Gasteiger partial charge in [-0.25, -0.2) is 0 Å². The fourth-order valence-electron chi connectivity index (χ4n) is 1.39. The summed E-state index contributed by atoms with van der Waals surface area (Å²) in [6.07, 6.45) is 3.38. The molecule has 1 aromatic heterocycles. The largest absolute Gasteiger partial charge is 0.472 e. The highest BCUT2D eigenvalue weighted by atomic mass is 79.9. The molecule has 17 heavy (non-hydrogen) atoms. The van der Waals surface area contributed by atoms with Gasteiger partial charge in [0.25, 0.3) is 0 Å². The van der Waals surface area contributed by atoms with Crippen LogP contribution in [0.2, 0.25) is 0 Å². The number of rotatable bonds is 4. The highest BCUT2D eigenvalue weighted by Gasteiger charge is 2.02. The third-order valence-corrected chi connectivity index (χ3v) is 2.63. The van der Waals surface area contributed by atoms with E-state index in [1.165, 1.54) is 0 Å². The van der Waals surface area contributed by atoms with E-state index in [0.717, 1.165) is 15.6 Å². The normalized spacial score (nSPS) is 9.94. The second kappa shape index (κ2) is 5.59. The van der Waals surface area contributed by atoms with Crippen LogP contribution in [0.1, 0.15) is 0 Å². The second-order valence-electron chi connectivity index (χ2n) is 3.39. The first-order valence-electron chi connectivity index (χ1n) is 5.12. The van der Waals surface area contributed by atoms with Crippen molar-refractivity contribution in [3.05, 3.63) is 53.7 Å². The lowest BCUT2D eigenvalue weighted by Crippen LogP contribution is -1.97. The van der Waals surface area contributed by atoms with Crippen molar-refractivity contribution in [3.63, 3.8) is 0 Å². The molecule has 0 amide bonds. The molecule has 0 aliphatic heterocycles. The minimum absolute atomic E-state index is 0.427. The first kappa shape index (κ1) is 11.8. The molecule has 2 aromatic rings. The number of ether oxygens (including phenoxy) is 1. The zero-order valence-corrected chi connectivity index (χ0v) is 10.7. The van der Waals surface area contributed by atoms with E-state index in [0.29, 0.717) is 12.5 Å². The number of hydrogen-bond acceptors (Lipinski definition) is 3. The van der Waals surface area contributed by atoms with Gasteiger partial charge in [0.2, 0.25) is 5.88 Å². The Hall–Kier alpha value is -1.68. The molecule has 0 aliphatic carbocycles. The Morgan fingerprint density at radius 3 is 2.94 bits per heavy atom. The standard InChI is InChI=1S/C13H11BrN2O/c1-2-6-17-13-8-11(9-15-16-13)10-4-3-5-12(14)7-10/h2-5,7-9H,1,6H2. The summed E-state index contributed by atoms with van der Waals surface area (Å²) in [6.45, 7) is 4.02. The summed E-state index contributed by atoms with van der Waals surface area (Å²) in [5.41, 5.74) is 2.04. The van der Waals surface area contributed by atoms with Gasteiger partial charge in [0, 0.05) is 16.1 Å². The first-order valence-corrected chi connectivity index (χ1v) is 5.91. The highest BCUT2D eigenvalue weighted by molar-refractivity contribution is 9.10. The van der Waals surface area contributed by atoms with E-state index in [1.54, 1.807) is 12.3 Å². The molecule has 0 saturated carbocycles. The van der Waals surface area contributed by atoms with E-state index < -0.39 is 0 Å². The average molecular weight is 291 g/mol. The maximum absolute atomic E-state index is 5.34. The van der Waals surface area contributed by atoms with Crippen molar-refractivity contribution in [2.75, 3.05) is 6.61 Å². The van der Waals surface area contributed by atoms with E-state index in [-0.39, 0.29) is 0 Å². The summed E-state index contributed by atoms with van der Waals surface area (Å²) in [4.78, 5) is 0. The summed E-state index contributed by atoms with van der Waals surface area (Å²) in [5.74, 6) is 0.502. The maximum atomic E-state index is 5.34. The summed E-state index contributed by atoms with van der Waals surface area (Å²) < 4.78 is 6.37. The summed E-state index contributed by atoms with van der Waals surface area (Å²) in [6, 6.07) is 9.85. The molecule has 2 rings (SSSR count). The quantitative estimate of drug-likeness (QED) is 0.809. The fourth-order valence-corrected chi connectivity index (χ4v) is 1.79. The van der Waals surface area contributed by atoms with E-state index in [4.69, 9.17) is 4.74 Å². The van der Waals surface area contributed by atoms with Gasteiger partial charge in [-0.1, -0.05) is 40.7 Å². The molecule has 86 valence electrons. The zero-order valence-electron chi connectivity index (χ0n) is 9.14. The third kappa shape index (κ3) is 3.14. The van der Waals surface area contributed by atoms with Crippen molar-refractivity contribution < 1.29 is 4.74 Å². The molecule has 1 aromatic carbocycles. The monoisotopic (exact) mass is 290 g/mol. The Labute approximate surface area is 108 Å². The summed E-state index contributed by atoms with van der Waals surface area (Å²) in [5, 5.41) is 7.81. The lowest BCUT2D eigenvalue weighted by Gasteiger charge is -2.04. The molecule has 0 atom stereocenters. The molecule has 1 heterocycles. The molecule has 0 bridgehead atoms. The number of aromatic nitrogens is 2.